The number of nitrogens with zero attached hydrogens (tertiary/aromatic N) is 1. The zero-order valence-electron chi connectivity index (χ0n) is 7.47. The summed E-state index contributed by atoms with van der Waals surface area (Å²) in [4.78, 5) is 0. The van der Waals surface area contributed by atoms with E-state index in [1.54, 1.807) is 13.8 Å². The second-order valence-electron chi connectivity index (χ2n) is 3.60. The topological polar surface area (TPSA) is 37.1 Å². The van der Waals surface area contributed by atoms with Crippen LogP contribution in [0.25, 0.3) is 0 Å². The molecular weight excluding hydrogens is 334 g/mol. The van der Waals surface area contributed by atoms with Gasteiger partial charge in [0.15, 0.2) is 0 Å². The minimum Gasteiger partial charge on any atom is -0.203 e. The van der Waals surface area contributed by atoms with E-state index < -0.39 is 25.0 Å². The van der Waals surface area contributed by atoms with E-state index in [0.717, 1.165) is 0 Å². The van der Waals surface area contributed by atoms with Gasteiger partial charge in [-0.2, -0.15) is 17.5 Å². The summed E-state index contributed by atoms with van der Waals surface area (Å²) in [6.07, 6.45) is 0. The Hall–Kier alpha value is 0.430. The van der Waals surface area contributed by atoms with Crippen molar-refractivity contribution in [1.29, 1.82) is 0 Å². The highest BCUT2D eigenvalue weighted by molar-refractivity contribution is 14.1. The molecule has 8 heteroatoms. The van der Waals surface area contributed by atoms with E-state index in [4.69, 9.17) is 0 Å². The summed E-state index contributed by atoms with van der Waals surface area (Å²) in [7, 11) is -5.11. The first-order valence-electron chi connectivity index (χ1n) is 3.75. The van der Waals surface area contributed by atoms with Crippen molar-refractivity contribution >= 4 is 32.6 Å². The molecular formula is C6H9F3INO2S. The first kappa shape index (κ1) is 12.5. The van der Waals surface area contributed by atoms with Crippen molar-refractivity contribution < 1.29 is 21.6 Å². The van der Waals surface area contributed by atoms with Crippen LogP contribution in [0.5, 0.6) is 0 Å². The molecule has 14 heavy (non-hydrogen) atoms. The Bertz CT molecular complexity index is 332. The van der Waals surface area contributed by atoms with Gasteiger partial charge >= 0.3 is 15.5 Å². The fourth-order valence-electron chi connectivity index (χ4n) is 1.08. The van der Waals surface area contributed by atoms with Gasteiger partial charge in [0.1, 0.15) is 0 Å². The number of sulfonamides is 1. The quantitative estimate of drug-likeness (QED) is 0.435. The van der Waals surface area contributed by atoms with Crippen LogP contribution >= 0.6 is 22.6 Å². The Kier molecular flexibility index (Phi) is 2.86. The maximum atomic E-state index is 12.1. The van der Waals surface area contributed by atoms with Crippen molar-refractivity contribution in [2.24, 2.45) is 0 Å². The predicted molar refractivity (Wildman–Crippen MR) is 53.6 cm³/mol. The summed E-state index contributed by atoms with van der Waals surface area (Å²) in [5.74, 6) is 0. The van der Waals surface area contributed by atoms with Gasteiger partial charge in [0, 0.05) is 9.97 Å². The highest BCUT2D eigenvalue weighted by Crippen LogP contribution is 2.42. The van der Waals surface area contributed by atoms with E-state index >= 15 is 0 Å². The number of hydrogen-bond donors (Lipinski definition) is 0. The molecule has 0 saturated carbocycles. The molecule has 1 heterocycles. The standard InChI is InChI=1S/C6H9F3INO2S/c1-5(2,10)4-3-11(4)14(12,13)6(7,8)9/h4H,3H2,1-2H3. The molecule has 0 amide bonds. The largest absolute Gasteiger partial charge is 0.511 e. The van der Waals surface area contributed by atoms with Gasteiger partial charge in [-0.25, -0.2) is 8.42 Å². The maximum Gasteiger partial charge on any atom is 0.511 e. The summed E-state index contributed by atoms with van der Waals surface area (Å²) >= 11 is 1.94. The Morgan fingerprint density at radius 1 is 1.36 bits per heavy atom. The molecule has 1 aliphatic rings. The van der Waals surface area contributed by atoms with Crippen LogP contribution in [0.4, 0.5) is 13.2 Å². The molecule has 0 aromatic heterocycles. The molecule has 0 aromatic rings. The molecule has 0 radical (unpaired) electrons. The van der Waals surface area contributed by atoms with Crippen LogP contribution in [-0.2, 0) is 10.0 Å². The van der Waals surface area contributed by atoms with Crippen molar-refractivity contribution in [1.82, 2.24) is 4.31 Å². The lowest BCUT2D eigenvalue weighted by Crippen LogP contribution is -2.34. The SMILES string of the molecule is CC(C)(I)C1CN1S(=O)(=O)C(F)(F)F. The molecule has 1 fully saturated rings. The van der Waals surface area contributed by atoms with Crippen molar-refractivity contribution in [3.05, 3.63) is 0 Å². The fraction of sp³-hybridized carbons (Fsp3) is 1.00. The number of alkyl halides is 4. The molecule has 3 nitrogen and oxygen atoms in total. The Labute approximate surface area is 93.8 Å². The third kappa shape index (κ3) is 2.16. The lowest BCUT2D eigenvalue weighted by atomic mass is 10.1. The maximum absolute atomic E-state index is 12.1. The smallest absolute Gasteiger partial charge is 0.203 e. The first-order chi connectivity index (χ1) is 5.98. The van der Waals surface area contributed by atoms with Gasteiger partial charge in [-0.15, -0.1) is 0 Å². The Morgan fingerprint density at radius 3 is 2.00 bits per heavy atom. The lowest BCUT2D eigenvalue weighted by molar-refractivity contribution is -0.0467. The van der Waals surface area contributed by atoms with Crippen LogP contribution in [0.1, 0.15) is 13.8 Å². The number of halogens is 4. The van der Waals surface area contributed by atoms with Crippen LogP contribution in [-0.4, -0.2) is 34.2 Å². The van der Waals surface area contributed by atoms with Gasteiger partial charge in [-0.05, 0) is 13.8 Å². The van der Waals surface area contributed by atoms with E-state index in [1.165, 1.54) is 0 Å². The second-order valence-corrected chi connectivity index (χ2v) is 8.26. The van der Waals surface area contributed by atoms with Crippen LogP contribution in [0.15, 0.2) is 0 Å². The summed E-state index contributed by atoms with van der Waals surface area (Å²) < 4.78 is 57.9. The van der Waals surface area contributed by atoms with Gasteiger partial charge < -0.3 is 0 Å². The zero-order chi connectivity index (χ0) is 11.4. The highest BCUT2D eigenvalue weighted by atomic mass is 127. The van der Waals surface area contributed by atoms with Gasteiger partial charge in [-0.3, -0.25) is 0 Å². The van der Waals surface area contributed by atoms with E-state index in [1.807, 2.05) is 22.6 Å². The third-order valence-corrected chi connectivity index (χ3v) is 4.29. The summed E-state index contributed by atoms with van der Waals surface area (Å²) in [5.41, 5.74) is -5.18. The van der Waals surface area contributed by atoms with Crippen molar-refractivity contribution in [2.75, 3.05) is 6.54 Å². The van der Waals surface area contributed by atoms with Gasteiger partial charge in [0.05, 0.1) is 6.04 Å². The third-order valence-electron chi connectivity index (χ3n) is 1.96. The first-order valence-corrected chi connectivity index (χ1v) is 6.27. The number of hydrogen-bond acceptors (Lipinski definition) is 2. The molecule has 0 aromatic carbocycles. The van der Waals surface area contributed by atoms with Gasteiger partial charge in [-0.1, -0.05) is 22.6 Å². The minimum atomic E-state index is -5.18. The van der Waals surface area contributed by atoms with Gasteiger partial charge in [0.2, 0.25) is 0 Å². The number of rotatable bonds is 2. The van der Waals surface area contributed by atoms with Crippen LogP contribution < -0.4 is 0 Å². The average molecular weight is 343 g/mol. The van der Waals surface area contributed by atoms with E-state index in [2.05, 4.69) is 0 Å². The average Bonchev–Trinajstić information content (AvgIpc) is 2.57. The lowest BCUT2D eigenvalue weighted by Gasteiger charge is -2.16. The van der Waals surface area contributed by atoms with E-state index in [-0.39, 0.29) is 6.54 Å². The normalized spacial score (nSPS) is 29.0. The molecule has 1 aliphatic heterocycles. The molecule has 2 atom stereocenters. The van der Waals surface area contributed by atoms with Crippen molar-refractivity contribution in [3.8, 4) is 0 Å². The molecule has 0 aliphatic carbocycles. The van der Waals surface area contributed by atoms with Crippen molar-refractivity contribution in [2.45, 2.75) is 28.8 Å². The summed E-state index contributed by atoms with van der Waals surface area (Å²) in [6.45, 7) is 3.35. The monoisotopic (exact) mass is 343 g/mol. The zero-order valence-corrected chi connectivity index (χ0v) is 10.4. The molecule has 84 valence electrons. The highest BCUT2D eigenvalue weighted by Gasteiger charge is 2.61. The molecule has 0 spiro atoms. The fourth-order valence-corrected chi connectivity index (χ4v) is 3.01. The molecule has 0 N–H and O–H groups in total. The summed E-state index contributed by atoms with van der Waals surface area (Å²) in [6, 6.07) is -0.547. The Morgan fingerprint density at radius 2 is 1.79 bits per heavy atom. The van der Waals surface area contributed by atoms with E-state index in [0.29, 0.717) is 4.31 Å². The van der Waals surface area contributed by atoms with Crippen LogP contribution in [0, 0.1) is 0 Å². The van der Waals surface area contributed by atoms with Crippen LogP contribution in [0.2, 0.25) is 0 Å². The van der Waals surface area contributed by atoms with E-state index in [9.17, 15) is 21.6 Å². The van der Waals surface area contributed by atoms with Gasteiger partial charge in [0.25, 0.3) is 0 Å². The molecule has 0 bridgehead atoms. The molecule has 1 rings (SSSR count). The Balaban J connectivity index is 2.84. The van der Waals surface area contributed by atoms with Crippen molar-refractivity contribution in [3.63, 3.8) is 0 Å². The van der Waals surface area contributed by atoms with Crippen LogP contribution in [0.3, 0.4) is 0 Å². The predicted octanol–water partition coefficient (Wildman–Crippen LogP) is 1.73. The molecule has 2 unspecified atom stereocenters. The minimum absolute atomic E-state index is 0.0439. The molecule has 1 saturated heterocycles. The second kappa shape index (κ2) is 3.21. The summed E-state index contributed by atoms with van der Waals surface area (Å²) in [5, 5.41) is 0.